The Morgan fingerprint density at radius 2 is 0.478 bits per heavy atom. The van der Waals surface area contributed by atoms with E-state index in [1.807, 2.05) is 53.0 Å². The number of fused-ring (bicyclic) bond motifs is 9. The average Bonchev–Trinajstić information content (AvgIpc) is 1.56. The minimum atomic E-state index is -1.41. The van der Waals surface area contributed by atoms with Gasteiger partial charge >= 0.3 is 7.12 Å². The zero-order valence-corrected chi connectivity index (χ0v) is 55.2. The molecular weight excluding hydrogens is 1310 g/mol. The maximum Gasteiger partial charge on any atom is 0.489 e. The Kier molecular flexibility index (Phi) is 16.8. The summed E-state index contributed by atoms with van der Waals surface area (Å²) in [6.45, 7) is 0. The third-order valence-electron chi connectivity index (χ3n) is 16.9. The molecule has 17 rings (SSSR count). The molecule has 3 heterocycles. The largest absolute Gasteiger partial charge is 0.489 e. The van der Waals surface area contributed by atoms with Crippen molar-refractivity contribution in [1.29, 1.82) is 0 Å². The monoisotopic (exact) mass is 1360 g/mol. The smallest absolute Gasteiger partial charge is 0.423 e. The highest BCUT2D eigenvalue weighted by Gasteiger charge is 2.20. The number of rotatable bonds is 9. The van der Waals surface area contributed by atoms with Crippen LogP contribution in [0.1, 0.15) is 0 Å². The van der Waals surface area contributed by atoms with Crippen LogP contribution >= 0.6 is 65.9 Å². The molecule has 8 heteroatoms. The highest BCUT2D eigenvalue weighted by atomic mass is 79.9. The van der Waals surface area contributed by atoms with E-state index in [1.165, 1.54) is 139 Å². The maximum atomic E-state index is 9.31. The van der Waals surface area contributed by atoms with Crippen LogP contribution in [0.3, 0.4) is 0 Å². The Labute approximate surface area is 563 Å². The summed E-state index contributed by atoms with van der Waals surface area (Å²) in [6, 6.07) is 115. The van der Waals surface area contributed by atoms with E-state index in [1.54, 1.807) is 17.4 Å². The number of thiophene rings is 3. The molecule has 0 unspecified atom stereocenters. The molecule has 0 aliphatic carbocycles. The Balaban J connectivity index is 0.000000138. The standard InChI is InChI=1S/C48H30S2.C24H16Br2.C12H9BO2S/c1-3-13-31(14-4-1)33-25-34(32-15-5-2-6-16-32)27-35(26-33)36-28-37(39-19-11-21-43-41-17-7-9-23-45(41)49-47(39)43)30-38(29-36)40-20-12-22-44-42-18-8-10-24-46(42)50-48(40)44;25-23-14-22(15-24(26)16-23)21-12-19(17-7-3-1-4-8-17)11-20(13-21)18-9-5-2-6-10-18;14-13(15)10-6-3-5-9-8-4-1-2-7-11(8)16-12(9)10/h1-30H;1-16H;1-7,14-15H. The quantitative estimate of drug-likeness (QED) is 0.141. The maximum absolute atomic E-state index is 9.31. The fourth-order valence-electron chi connectivity index (χ4n) is 12.5. The van der Waals surface area contributed by atoms with Crippen LogP contribution in [0.15, 0.2) is 330 Å². The van der Waals surface area contributed by atoms with E-state index in [2.05, 4.69) is 317 Å². The molecule has 0 saturated heterocycles. The fraction of sp³-hybridized carbons (Fsp3) is 0. The van der Waals surface area contributed by atoms with Crippen LogP contribution in [0, 0.1) is 0 Å². The van der Waals surface area contributed by atoms with Crippen molar-refractivity contribution in [3.8, 4) is 89.0 Å². The number of hydrogen-bond acceptors (Lipinski definition) is 5. The molecule has 0 radical (unpaired) electrons. The van der Waals surface area contributed by atoms with E-state index in [0.717, 1.165) is 19.0 Å². The second-order valence-corrected chi connectivity index (χ2v) is 27.8. The fourth-order valence-corrected chi connectivity index (χ4v) is 17.5. The summed E-state index contributed by atoms with van der Waals surface area (Å²) < 4.78 is 9.57. The minimum absolute atomic E-state index is 0.582. The number of hydrogen-bond donors (Lipinski definition) is 2. The lowest BCUT2D eigenvalue weighted by Gasteiger charge is -2.15. The van der Waals surface area contributed by atoms with Crippen molar-refractivity contribution in [3.05, 3.63) is 330 Å². The molecule has 0 saturated carbocycles. The predicted molar refractivity (Wildman–Crippen MR) is 407 cm³/mol. The van der Waals surface area contributed by atoms with Gasteiger partial charge in [-0.05, 0) is 191 Å². The van der Waals surface area contributed by atoms with Crippen molar-refractivity contribution < 1.29 is 10.0 Å². The van der Waals surface area contributed by atoms with Gasteiger partial charge < -0.3 is 10.0 Å². The van der Waals surface area contributed by atoms with Crippen LogP contribution < -0.4 is 5.46 Å². The van der Waals surface area contributed by atoms with Gasteiger partial charge in [0.05, 0.1) is 0 Å². The normalized spacial score (nSPS) is 11.3. The summed E-state index contributed by atoms with van der Waals surface area (Å²) in [5, 5.41) is 26.2. The van der Waals surface area contributed by atoms with Gasteiger partial charge in [-0.1, -0.05) is 262 Å². The van der Waals surface area contributed by atoms with Crippen LogP contribution in [0.2, 0.25) is 0 Å². The minimum Gasteiger partial charge on any atom is -0.423 e. The molecule has 0 bridgehead atoms. The van der Waals surface area contributed by atoms with E-state index >= 15 is 0 Å². The van der Waals surface area contributed by atoms with Gasteiger partial charge in [0.15, 0.2) is 0 Å². The van der Waals surface area contributed by atoms with Crippen LogP contribution in [0.25, 0.3) is 150 Å². The lowest BCUT2D eigenvalue weighted by atomic mass is 9.80. The van der Waals surface area contributed by atoms with Gasteiger partial charge in [0.2, 0.25) is 0 Å². The van der Waals surface area contributed by atoms with Crippen LogP contribution in [0.4, 0.5) is 0 Å². The van der Waals surface area contributed by atoms with E-state index in [0.29, 0.717) is 5.46 Å². The first-order chi connectivity index (χ1) is 45.2. The summed E-state index contributed by atoms with van der Waals surface area (Å²) in [6.07, 6.45) is 0. The topological polar surface area (TPSA) is 40.5 Å². The Bertz CT molecular complexity index is 5260. The summed E-state index contributed by atoms with van der Waals surface area (Å²) >= 11 is 12.6. The Morgan fingerprint density at radius 1 is 0.217 bits per heavy atom. The van der Waals surface area contributed by atoms with Crippen molar-refractivity contribution in [2.45, 2.75) is 0 Å². The van der Waals surface area contributed by atoms with Crippen molar-refractivity contribution in [2.75, 3.05) is 0 Å². The van der Waals surface area contributed by atoms with E-state index in [9.17, 15) is 10.0 Å². The summed E-state index contributed by atoms with van der Waals surface area (Å²) in [5.74, 6) is 0. The highest BCUT2D eigenvalue weighted by Crippen LogP contribution is 2.46. The summed E-state index contributed by atoms with van der Waals surface area (Å²) in [7, 11) is -1.41. The molecule has 2 nitrogen and oxygen atoms in total. The van der Waals surface area contributed by atoms with Gasteiger partial charge in [-0.2, -0.15) is 0 Å². The predicted octanol–water partition coefficient (Wildman–Crippen LogP) is 24.7. The molecule has 0 aliphatic rings. The van der Waals surface area contributed by atoms with Crippen molar-refractivity contribution in [2.24, 2.45) is 0 Å². The average molecular weight is 1360 g/mol. The van der Waals surface area contributed by atoms with Crippen LogP contribution in [-0.2, 0) is 0 Å². The summed E-state index contributed by atoms with van der Waals surface area (Å²) in [5.41, 5.74) is 20.2. The zero-order chi connectivity index (χ0) is 62.1. The van der Waals surface area contributed by atoms with Crippen molar-refractivity contribution >= 4 is 139 Å². The van der Waals surface area contributed by atoms with Crippen molar-refractivity contribution in [3.63, 3.8) is 0 Å². The molecule has 438 valence electrons. The molecule has 3 aromatic heterocycles. The van der Waals surface area contributed by atoms with Crippen LogP contribution in [0.5, 0.6) is 0 Å². The van der Waals surface area contributed by atoms with Crippen LogP contribution in [-0.4, -0.2) is 17.2 Å². The SMILES string of the molecule is Brc1cc(Br)cc(-c2cc(-c3ccccc3)cc(-c3ccccc3)c2)c1.OB(O)c1cccc2c1sc1ccccc12.c1ccc(-c2cc(-c3ccccc3)cc(-c3cc(-c4cccc5c4sc4ccccc45)cc(-c4cccc5c4sc4ccccc45)c3)c2)cc1. The first kappa shape index (κ1) is 59.0. The highest BCUT2D eigenvalue weighted by molar-refractivity contribution is 9.11. The first-order valence-corrected chi connectivity index (χ1v) is 34.5. The Hall–Kier alpha value is -9.32. The van der Waals surface area contributed by atoms with Gasteiger partial charge in [-0.15, -0.1) is 34.0 Å². The molecule has 2 N–H and O–H groups in total. The summed E-state index contributed by atoms with van der Waals surface area (Å²) in [4.78, 5) is 0. The van der Waals surface area contributed by atoms with Gasteiger partial charge in [0.25, 0.3) is 0 Å². The molecule has 0 amide bonds. The van der Waals surface area contributed by atoms with Gasteiger partial charge in [0.1, 0.15) is 0 Å². The second-order valence-electron chi connectivity index (χ2n) is 22.8. The number of halogens is 2. The lowest BCUT2D eigenvalue weighted by molar-refractivity contribution is 0.426. The molecule has 17 aromatic rings. The van der Waals surface area contributed by atoms with E-state index in [-0.39, 0.29) is 0 Å². The first-order valence-electron chi connectivity index (χ1n) is 30.4. The van der Waals surface area contributed by atoms with Gasteiger partial charge in [0, 0.05) is 64.1 Å². The Morgan fingerprint density at radius 3 is 0.837 bits per heavy atom. The van der Waals surface area contributed by atoms with Gasteiger partial charge in [-0.25, -0.2) is 0 Å². The molecule has 0 atom stereocenters. The molecule has 92 heavy (non-hydrogen) atoms. The van der Waals surface area contributed by atoms with Crippen molar-refractivity contribution in [1.82, 2.24) is 0 Å². The number of benzene rings is 14. The second kappa shape index (κ2) is 26.1. The molecule has 0 aliphatic heterocycles. The molecule has 14 aromatic carbocycles. The van der Waals surface area contributed by atoms with E-state index in [4.69, 9.17) is 0 Å². The third-order valence-corrected chi connectivity index (χ3v) is 21.5. The molecular formula is C84H55BBr2O2S3. The van der Waals surface area contributed by atoms with Gasteiger partial charge in [-0.3, -0.25) is 0 Å². The molecule has 0 spiro atoms. The van der Waals surface area contributed by atoms with E-state index < -0.39 is 7.12 Å². The zero-order valence-electron chi connectivity index (χ0n) is 49.6. The third kappa shape index (κ3) is 12.1. The lowest BCUT2D eigenvalue weighted by Crippen LogP contribution is -2.29. The molecule has 0 fully saturated rings.